The molecule has 0 bridgehead atoms. The van der Waals surface area contributed by atoms with Crippen LogP contribution in [0.3, 0.4) is 0 Å². The van der Waals surface area contributed by atoms with Gasteiger partial charge in [-0.1, -0.05) is 32.9 Å². The number of carbonyl (C=O) groups is 2. The SMILES string of the molecule is CC1CCN(c2ccc(NC(=O)Nc3ccc(C(C)C)cc3)cc2C(=O)NCCCN2CCOCC2)CC1. The zero-order valence-corrected chi connectivity index (χ0v) is 23.1. The molecular formula is C30H43N5O3. The van der Waals surface area contributed by atoms with Crippen LogP contribution in [0.2, 0.25) is 0 Å². The number of nitrogens with zero attached hydrogens (tertiary/aromatic N) is 2. The number of amides is 3. The molecule has 2 aliphatic rings. The third-order valence-electron chi connectivity index (χ3n) is 7.50. The van der Waals surface area contributed by atoms with Gasteiger partial charge in [0, 0.05) is 49.8 Å². The maximum absolute atomic E-state index is 13.3. The summed E-state index contributed by atoms with van der Waals surface area (Å²) in [5, 5.41) is 8.90. The lowest BCUT2D eigenvalue weighted by molar-refractivity contribution is 0.0374. The van der Waals surface area contributed by atoms with Gasteiger partial charge in [0.1, 0.15) is 0 Å². The van der Waals surface area contributed by atoms with E-state index < -0.39 is 0 Å². The lowest BCUT2D eigenvalue weighted by Crippen LogP contribution is -2.38. The molecule has 8 heteroatoms. The normalized spacial score (nSPS) is 16.9. The predicted molar refractivity (Wildman–Crippen MR) is 154 cm³/mol. The number of anilines is 3. The summed E-state index contributed by atoms with van der Waals surface area (Å²) < 4.78 is 5.41. The molecule has 0 radical (unpaired) electrons. The van der Waals surface area contributed by atoms with Crippen LogP contribution in [0.4, 0.5) is 21.9 Å². The van der Waals surface area contributed by atoms with Crippen LogP contribution in [-0.4, -0.2) is 69.3 Å². The summed E-state index contributed by atoms with van der Waals surface area (Å²) in [6.07, 6.45) is 3.11. The molecule has 206 valence electrons. The minimum Gasteiger partial charge on any atom is -0.379 e. The maximum Gasteiger partial charge on any atom is 0.323 e. The standard InChI is InChI=1S/C30H43N5O3/c1-22(2)24-5-7-25(8-6-24)32-30(37)33-26-9-10-28(35-15-11-23(3)12-16-35)27(21-26)29(36)31-13-4-14-34-17-19-38-20-18-34/h5-10,21-23H,4,11-20H2,1-3H3,(H,31,36)(H2,32,33,37). The van der Waals surface area contributed by atoms with Gasteiger partial charge < -0.3 is 25.6 Å². The van der Waals surface area contributed by atoms with Gasteiger partial charge in [0.25, 0.3) is 5.91 Å². The quantitative estimate of drug-likeness (QED) is 0.398. The van der Waals surface area contributed by atoms with Gasteiger partial charge in [-0.25, -0.2) is 4.79 Å². The smallest absolute Gasteiger partial charge is 0.323 e. The number of morpholine rings is 1. The van der Waals surface area contributed by atoms with E-state index in [2.05, 4.69) is 46.5 Å². The third-order valence-corrected chi connectivity index (χ3v) is 7.50. The van der Waals surface area contributed by atoms with Crippen molar-refractivity contribution in [2.24, 2.45) is 5.92 Å². The fourth-order valence-corrected chi connectivity index (χ4v) is 4.99. The van der Waals surface area contributed by atoms with Crippen LogP contribution >= 0.6 is 0 Å². The molecule has 0 unspecified atom stereocenters. The Morgan fingerprint density at radius 2 is 1.61 bits per heavy atom. The molecule has 0 aromatic heterocycles. The summed E-state index contributed by atoms with van der Waals surface area (Å²) in [5.74, 6) is 1.03. The van der Waals surface area contributed by atoms with Crippen LogP contribution in [0.1, 0.15) is 61.9 Å². The maximum atomic E-state index is 13.3. The highest BCUT2D eigenvalue weighted by Crippen LogP contribution is 2.29. The number of piperidine rings is 1. The highest BCUT2D eigenvalue weighted by atomic mass is 16.5. The molecule has 2 aromatic carbocycles. The van der Waals surface area contributed by atoms with E-state index in [1.54, 1.807) is 6.07 Å². The molecule has 2 heterocycles. The van der Waals surface area contributed by atoms with Gasteiger partial charge in [-0.3, -0.25) is 9.69 Å². The molecule has 3 N–H and O–H groups in total. The van der Waals surface area contributed by atoms with Gasteiger partial charge >= 0.3 is 6.03 Å². The van der Waals surface area contributed by atoms with Crippen molar-refractivity contribution in [3.8, 4) is 0 Å². The molecule has 0 spiro atoms. The number of urea groups is 1. The lowest BCUT2D eigenvalue weighted by Gasteiger charge is -2.33. The molecule has 0 aliphatic carbocycles. The molecular weight excluding hydrogens is 478 g/mol. The number of ether oxygens (including phenoxy) is 1. The van der Waals surface area contributed by atoms with Gasteiger partial charge in [0.2, 0.25) is 0 Å². The van der Waals surface area contributed by atoms with Gasteiger partial charge in [-0.15, -0.1) is 0 Å². The van der Waals surface area contributed by atoms with Crippen molar-refractivity contribution in [1.82, 2.24) is 10.2 Å². The second-order valence-electron chi connectivity index (χ2n) is 10.8. The predicted octanol–water partition coefficient (Wildman–Crippen LogP) is 5.14. The van der Waals surface area contributed by atoms with Crippen molar-refractivity contribution in [3.63, 3.8) is 0 Å². The second-order valence-corrected chi connectivity index (χ2v) is 10.8. The molecule has 3 amide bonds. The fourth-order valence-electron chi connectivity index (χ4n) is 4.99. The number of hydrogen-bond donors (Lipinski definition) is 3. The Morgan fingerprint density at radius 3 is 2.29 bits per heavy atom. The molecule has 2 aliphatic heterocycles. The molecule has 2 aromatic rings. The first-order valence-corrected chi connectivity index (χ1v) is 14.0. The van der Waals surface area contributed by atoms with Gasteiger partial charge in [-0.2, -0.15) is 0 Å². The van der Waals surface area contributed by atoms with Gasteiger partial charge in [-0.05, 0) is 73.5 Å². The topological polar surface area (TPSA) is 85.9 Å². The molecule has 0 saturated carbocycles. The lowest BCUT2D eigenvalue weighted by atomic mass is 9.97. The number of benzene rings is 2. The van der Waals surface area contributed by atoms with Gasteiger partial charge in [0.05, 0.1) is 18.8 Å². The van der Waals surface area contributed by atoms with E-state index in [0.29, 0.717) is 29.6 Å². The summed E-state index contributed by atoms with van der Waals surface area (Å²) in [5.41, 5.74) is 4.07. The average Bonchev–Trinajstić information content (AvgIpc) is 2.92. The minimum absolute atomic E-state index is 0.103. The number of carbonyl (C=O) groups excluding carboxylic acids is 2. The Bertz CT molecular complexity index is 1060. The Kier molecular flexibility index (Phi) is 10.0. The van der Waals surface area contributed by atoms with E-state index in [0.717, 1.165) is 76.6 Å². The van der Waals surface area contributed by atoms with Crippen LogP contribution in [0.15, 0.2) is 42.5 Å². The number of nitrogens with one attached hydrogen (secondary N) is 3. The molecule has 0 atom stereocenters. The van der Waals surface area contributed by atoms with Crippen LogP contribution in [0, 0.1) is 5.92 Å². The highest BCUT2D eigenvalue weighted by molar-refractivity contribution is 6.04. The van der Waals surface area contributed by atoms with Crippen molar-refractivity contribution >= 4 is 29.0 Å². The highest BCUT2D eigenvalue weighted by Gasteiger charge is 2.22. The van der Waals surface area contributed by atoms with Crippen LogP contribution in [0.25, 0.3) is 0 Å². The summed E-state index contributed by atoms with van der Waals surface area (Å²) in [4.78, 5) is 30.7. The first-order chi connectivity index (χ1) is 18.4. The zero-order chi connectivity index (χ0) is 26.9. The summed E-state index contributed by atoms with van der Waals surface area (Å²) in [7, 11) is 0. The first kappa shape index (κ1) is 27.9. The van der Waals surface area contributed by atoms with Crippen LogP contribution in [-0.2, 0) is 4.74 Å². The Balaban J connectivity index is 1.40. The van der Waals surface area contributed by atoms with Crippen molar-refractivity contribution < 1.29 is 14.3 Å². The third kappa shape index (κ3) is 7.95. The Morgan fingerprint density at radius 1 is 0.947 bits per heavy atom. The van der Waals surface area contributed by atoms with E-state index in [9.17, 15) is 9.59 Å². The van der Waals surface area contributed by atoms with E-state index >= 15 is 0 Å². The molecule has 4 rings (SSSR count). The van der Waals surface area contributed by atoms with Crippen LogP contribution < -0.4 is 20.9 Å². The summed E-state index contributed by atoms with van der Waals surface area (Å²) >= 11 is 0. The second kappa shape index (κ2) is 13.6. The van der Waals surface area contributed by atoms with E-state index in [-0.39, 0.29) is 11.9 Å². The van der Waals surface area contributed by atoms with Crippen LogP contribution in [0.5, 0.6) is 0 Å². The van der Waals surface area contributed by atoms with Crippen molar-refractivity contribution in [2.75, 3.05) is 68.0 Å². The minimum atomic E-state index is -0.335. The summed E-state index contributed by atoms with van der Waals surface area (Å²) in [6.45, 7) is 13.4. The van der Waals surface area contributed by atoms with Crippen molar-refractivity contribution in [3.05, 3.63) is 53.6 Å². The van der Waals surface area contributed by atoms with Gasteiger partial charge in [0.15, 0.2) is 0 Å². The Labute approximate surface area is 227 Å². The fraction of sp³-hybridized carbons (Fsp3) is 0.533. The molecule has 8 nitrogen and oxygen atoms in total. The van der Waals surface area contributed by atoms with E-state index in [4.69, 9.17) is 4.74 Å². The molecule has 2 saturated heterocycles. The molecule has 38 heavy (non-hydrogen) atoms. The summed E-state index contributed by atoms with van der Waals surface area (Å²) in [6, 6.07) is 13.2. The Hall–Kier alpha value is -3.10. The van der Waals surface area contributed by atoms with Crippen molar-refractivity contribution in [1.29, 1.82) is 0 Å². The largest absolute Gasteiger partial charge is 0.379 e. The zero-order valence-electron chi connectivity index (χ0n) is 23.1. The van der Waals surface area contributed by atoms with E-state index in [1.165, 1.54) is 5.56 Å². The van der Waals surface area contributed by atoms with Crippen molar-refractivity contribution in [2.45, 2.75) is 46.0 Å². The van der Waals surface area contributed by atoms with E-state index in [1.807, 2.05) is 36.4 Å². The number of hydrogen-bond acceptors (Lipinski definition) is 5. The number of rotatable bonds is 9. The monoisotopic (exact) mass is 521 g/mol. The first-order valence-electron chi connectivity index (χ1n) is 14.0. The molecule has 2 fully saturated rings. The average molecular weight is 522 g/mol.